The maximum absolute atomic E-state index is 12.6. The Bertz CT molecular complexity index is 1110. The summed E-state index contributed by atoms with van der Waals surface area (Å²) in [5, 5.41) is 8.54. The number of H-pyrrole nitrogens is 1. The van der Waals surface area contributed by atoms with E-state index in [9.17, 15) is 4.79 Å². The molecule has 6 heteroatoms. The Morgan fingerprint density at radius 3 is 2.79 bits per heavy atom. The third-order valence-corrected chi connectivity index (χ3v) is 5.07. The van der Waals surface area contributed by atoms with Crippen LogP contribution in [0.1, 0.15) is 28.1 Å². The topological polar surface area (TPSA) is 75.6 Å². The first-order valence-corrected chi connectivity index (χ1v) is 9.41. The van der Waals surface area contributed by atoms with E-state index in [0.29, 0.717) is 13.0 Å². The Morgan fingerprint density at radius 1 is 1.14 bits per heavy atom. The smallest absolute Gasteiger partial charge is 0.342 e. The van der Waals surface area contributed by atoms with E-state index in [1.54, 1.807) is 6.20 Å². The van der Waals surface area contributed by atoms with E-state index in [1.807, 2.05) is 44.3 Å². The minimum absolute atomic E-state index is 0.191. The Balaban J connectivity index is 1.48. The predicted molar refractivity (Wildman–Crippen MR) is 110 cm³/mol. The molecule has 0 bridgehead atoms. The third kappa shape index (κ3) is 3.53. The molecule has 3 aromatic heterocycles. The summed E-state index contributed by atoms with van der Waals surface area (Å²) in [6, 6.07) is 13.9. The first kappa shape index (κ1) is 18.0. The van der Waals surface area contributed by atoms with Gasteiger partial charge in [0.2, 0.25) is 0 Å². The van der Waals surface area contributed by atoms with Gasteiger partial charge in [0.05, 0.1) is 5.69 Å². The van der Waals surface area contributed by atoms with Crippen LogP contribution in [0.15, 0.2) is 54.9 Å². The molecule has 0 aliphatic carbocycles. The van der Waals surface area contributed by atoms with Crippen LogP contribution in [-0.4, -0.2) is 32.3 Å². The zero-order chi connectivity index (χ0) is 19.5. The molecule has 28 heavy (non-hydrogen) atoms. The lowest BCUT2D eigenvalue weighted by molar-refractivity contribution is 0.239. The molecule has 0 aliphatic heterocycles. The van der Waals surface area contributed by atoms with Crippen molar-refractivity contribution in [3.05, 3.63) is 82.9 Å². The van der Waals surface area contributed by atoms with Gasteiger partial charge in [-0.2, -0.15) is 9.78 Å². The highest BCUT2D eigenvalue weighted by molar-refractivity contribution is 5.80. The summed E-state index contributed by atoms with van der Waals surface area (Å²) >= 11 is 0. The fourth-order valence-corrected chi connectivity index (χ4v) is 3.51. The largest absolute Gasteiger partial charge is 0.346 e. The fourth-order valence-electron chi connectivity index (χ4n) is 3.51. The van der Waals surface area contributed by atoms with E-state index >= 15 is 0 Å². The van der Waals surface area contributed by atoms with Crippen molar-refractivity contribution >= 4 is 17.1 Å². The standard InChI is InChI=1S/C22H23N5O/c1-15-20(13-18-14-25-21-19(18)9-6-11-23-21)16(2)27(26-15)22(28)24-12-10-17-7-4-3-5-8-17/h3-9,11,14H,10,12-13H2,1-2H3,(H,23,25)(H,24,28). The second kappa shape index (κ2) is 7.68. The Kier molecular flexibility index (Phi) is 4.93. The predicted octanol–water partition coefficient (Wildman–Crippen LogP) is 3.77. The van der Waals surface area contributed by atoms with Crippen LogP contribution < -0.4 is 5.32 Å². The molecule has 142 valence electrons. The number of benzene rings is 1. The van der Waals surface area contributed by atoms with Gasteiger partial charge >= 0.3 is 6.03 Å². The van der Waals surface area contributed by atoms with Crippen molar-refractivity contribution < 1.29 is 4.79 Å². The second-order valence-corrected chi connectivity index (χ2v) is 6.92. The van der Waals surface area contributed by atoms with Gasteiger partial charge in [-0.3, -0.25) is 0 Å². The number of amides is 1. The van der Waals surface area contributed by atoms with Crippen molar-refractivity contribution in [2.45, 2.75) is 26.7 Å². The number of carbonyl (C=O) groups excluding carboxylic acids is 1. The first-order chi connectivity index (χ1) is 13.6. The second-order valence-electron chi connectivity index (χ2n) is 6.92. The minimum Gasteiger partial charge on any atom is -0.346 e. The number of aromatic nitrogens is 4. The van der Waals surface area contributed by atoms with Gasteiger partial charge in [0.15, 0.2) is 0 Å². The van der Waals surface area contributed by atoms with Crippen LogP contribution >= 0.6 is 0 Å². The maximum atomic E-state index is 12.6. The van der Waals surface area contributed by atoms with E-state index in [1.165, 1.54) is 10.2 Å². The van der Waals surface area contributed by atoms with Crippen LogP contribution in [-0.2, 0) is 12.8 Å². The molecule has 0 radical (unpaired) electrons. The molecule has 0 saturated carbocycles. The number of fused-ring (bicyclic) bond motifs is 1. The normalized spacial score (nSPS) is 11.1. The molecular weight excluding hydrogens is 350 g/mol. The molecule has 0 fully saturated rings. The summed E-state index contributed by atoms with van der Waals surface area (Å²) in [6.45, 7) is 4.47. The number of rotatable bonds is 5. The Labute approximate surface area is 163 Å². The minimum atomic E-state index is -0.191. The number of hydrogen-bond donors (Lipinski definition) is 2. The number of aryl methyl sites for hydroxylation is 1. The highest BCUT2D eigenvalue weighted by atomic mass is 16.2. The van der Waals surface area contributed by atoms with E-state index in [2.05, 4.69) is 38.6 Å². The average molecular weight is 373 g/mol. The van der Waals surface area contributed by atoms with Crippen LogP contribution in [0.25, 0.3) is 11.0 Å². The zero-order valence-electron chi connectivity index (χ0n) is 16.1. The van der Waals surface area contributed by atoms with Crippen LogP contribution in [0.2, 0.25) is 0 Å². The summed E-state index contributed by atoms with van der Waals surface area (Å²) in [5.74, 6) is 0. The lowest BCUT2D eigenvalue weighted by Gasteiger charge is -2.07. The number of nitrogens with one attached hydrogen (secondary N) is 2. The van der Waals surface area contributed by atoms with Crippen molar-refractivity contribution in [2.24, 2.45) is 0 Å². The van der Waals surface area contributed by atoms with E-state index in [4.69, 9.17) is 0 Å². The summed E-state index contributed by atoms with van der Waals surface area (Å²) in [4.78, 5) is 20.2. The van der Waals surface area contributed by atoms with Gasteiger partial charge in [0, 0.05) is 42.0 Å². The monoisotopic (exact) mass is 373 g/mol. The molecule has 0 unspecified atom stereocenters. The summed E-state index contributed by atoms with van der Waals surface area (Å²) in [5.41, 5.74) is 6.03. The van der Waals surface area contributed by atoms with Crippen LogP contribution in [0.5, 0.6) is 0 Å². The Hall–Kier alpha value is -3.41. The van der Waals surface area contributed by atoms with Crippen molar-refractivity contribution in [2.75, 3.05) is 6.54 Å². The molecule has 3 heterocycles. The molecule has 6 nitrogen and oxygen atoms in total. The van der Waals surface area contributed by atoms with Crippen molar-refractivity contribution in [3.63, 3.8) is 0 Å². The Morgan fingerprint density at radius 2 is 1.96 bits per heavy atom. The van der Waals surface area contributed by atoms with Gasteiger partial charge in [0.1, 0.15) is 5.65 Å². The molecule has 0 aliphatic rings. The number of hydrogen-bond acceptors (Lipinski definition) is 3. The van der Waals surface area contributed by atoms with Crippen LogP contribution in [0.3, 0.4) is 0 Å². The number of carbonyl (C=O) groups is 1. The van der Waals surface area contributed by atoms with Gasteiger partial charge < -0.3 is 10.3 Å². The van der Waals surface area contributed by atoms with Crippen molar-refractivity contribution in [1.82, 2.24) is 25.1 Å². The molecule has 1 aromatic carbocycles. The molecule has 2 N–H and O–H groups in total. The molecule has 4 rings (SSSR count). The molecule has 0 atom stereocenters. The number of aromatic amines is 1. The quantitative estimate of drug-likeness (QED) is 0.559. The molecule has 0 spiro atoms. The lowest BCUT2D eigenvalue weighted by atomic mass is 10.0. The fraction of sp³-hybridized carbons (Fsp3) is 0.227. The average Bonchev–Trinajstić information content (AvgIpc) is 3.25. The van der Waals surface area contributed by atoms with Crippen LogP contribution in [0, 0.1) is 13.8 Å². The lowest BCUT2D eigenvalue weighted by Crippen LogP contribution is -2.31. The molecule has 1 amide bonds. The van der Waals surface area contributed by atoms with E-state index in [-0.39, 0.29) is 6.03 Å². The molecule has 0 saturated heterocycles. The van der Waals surface area contributed by atoms with Crippen molar-refractivity contribution in [3.8, 4) is 0 Å². The third-order valence-electron chi connectivity index (χ3n) is 5.07. The number of nitrogens with zero attached hydrogens (tertiary/aromatic N) is 3. The van der Waals surface area contributed by atoms with E-state index in [0.717, 1.165) is 40.0 Å². The summed E-state index contributed by atoms with van der Waals surface area (Å²) in [7, 11) is 0. The van der Waals surface area contributed by atoms with Gasteiger partial charge in [-0.1, -0.05) is 30.3 Å². The summed E-state index contributed by atoms with van der Waals surface area (Å²) < 4.78 is 1.47. The SMILES string of the molecule is Cc1nn(C(=O)NCCc2ccccc2)c(C)c1Cc1c[nH]c2ncccc12. The first-order valence-electron chi connectivity index (χ1n) is 9.41. The van der Waals surface area contributed by atoms with Gasteiger partial charge in [0.25, 0.3) is 0 Å². The maximum Gasteiger partial charge on any atom is 0.342 e. The summed E-state index contributed by atoms with van der Waals surface area (Å²) in [6.07, 6.45) is 5.26. The van der Waals surface area contributed by atoms with Crippen LogP contribution in [0.4, 0.5) is 4.79 Å². The highest BCUT2D eigenvalue weighted by Gasteiger charge is 2.18. The highest BCUT2D eigenvalue weighted by Crippen LogP contribution is 2.23. The zero-order valence-corrected chi connectivity index (χ0v) is 16.1. The number of pyridine rings is 1. The van der Waals surface area contributed by atoms with E-state index < -0.39 is 0 Å². The molecule has 4 aromatic rings. The van der Waals surface area contributed by atoms with Gasteiger partial charge in [-0.25, -0.2) is 9.78 Å². The van der Waals surface area contributed by atoms with Gasteiger partial charge in [-0.15, -0.1) is 0 Å². The van der Waals surface area contributed by atoms with Crippen molar-refractivity contribution in [1.29, 1.82) is 0 Å². The van der Waals surface area contributed by atoms with Gasteiger partial charge in [-0.05, 0) is 43.5 Å². The molecular formula is C22H23N5O.